The average Bonchev–Trinajstić information content (AvgIpc) is 3.17. The molecular weight excluding hydrogens is 418 g/mol. The maximum atomic E-state index is 13.0. The fourth-order valence-electron chi connectivity index (χ4n) is 4.56. The number of nitrogens with zero attached hydrogens (tertiary/aromatic N) is 1. The maximum Gasteiger partial charge on any atom is 0.341 e. The third-order valence-corrected chi connectivity index (χ3v) is 7.44. The fourth-order valence-corrected chi connectivity index (χ4v) is 5.71. The van der Waals surface area contributed by atoms with Gasteiger partial charge in [0.2, 0.25) is 5.91 Å². The molecule has 2 fully saturated rings. The standard InChI is InChI=1S/C22H31N3O5S/c1-5-14-8-10-22(11-9-14)20(28)25(21(29)24-22)12-16(26)23-18-17(19(27)30-7-3)15(6-2)13(4)31-18/h14H,5-12H2,1-4H3,(H,23,26)(H,24,29). The lowest BCUT2D eigenvalue weighted by atomic mass is 9.75. The molecule has 2 aliphatic rings. The van der Waals surface area contributed by atoms with Crippen LogP contribution in [0.25, 0.3) is 0 Å². The molecule has 1 saturated heterocycles. The van der Waals surface area contributed by atoms with Gasteiger partial charge in [-0.15, -0.1) is 11.3 Å². The Labute approximate surface area is 186 Å². The molecule has 3 rings (SSSR count). The molecule has 0 atom stereocenters. The van der Waals surface area contributed by atoms with Gasteiger partial charge in [0.05, 0.1) is 12.2 Å². The van der Waals surface area contributed by atoms with Crippen molar-refractivity contribution in [1.29, 1.82) is 0 Å². The summed E-state index contributed by atoms with van der Waals surface area (Å²) >= 11 is 1.30. The van der Waals surface area contributed by atoms with Crippen molar-refractivity contribution in [3.8, 4) is 0 Å². The van der Waals surface area contributed by atoms with E-state index in [0.717, 1.165) is 34.6 Å². The number of esters is 1. The second-order valence-electron chi connectivity index (χ2n) is 8.22. The largest absolute Gasteiger partial charge is 0.462 e. The summed E-state index contributed by atoms with van der Waals surface area (Å²) in [4.78, 5) is 52.6. The van der Waals surface area contributed by atoms with E-state index in [2.05, 4.69) is 17.6 Å². The monoisotopic (exact) mass is 449 g/mol. The summed E-state index contributed by atoms with van der Waals surface area (Å²) in [6, 6.07) is -0.530. The summed E-state index contributed by atoms with van der Waals surface area (Å²) < 4.78 is 5.15. The van der Waals surface area contributed by atoms with E-state index >= 15 is 0 Å². The predicted molar refractivity (Wildman–Crippen MR) is 118 cm³/mol. The Morgan fingerprint density at radius 1 is 1.23 bits per heavy atom. The van der Waals surface area contributed by atoms with Crippen LogP contribution >= 0.6 is 11.3 Å². The summed E-state index contributed by atoms with van der Waals surface area (Å²) in [6.07, 6.45) is 4.67. The number of carbonyl (C=O) groups excluding carboxylic acids is 4. The van der Waals surface area contributed by atoms with Gasteiger partial charge in [-0.3, -0.25) is 14.5 Å². The second kappa shape index (κ2) is 9.38. The summed E-state index contributed by atoms with van der Waals surface area (Å²) in [5.74, 6) is -0.758. The van der Waals surface area contributed by atoms with E-state index in [4.69, 9.17) is 4.74 Å². The van der Waals surface area contributed by atoms with E-state index in [0.29, 0.717) is 35.7 Å². The molecule has 0 radical (unpaired) electrons. The number of anilines is 1. The minimum absolute atomic E-state index is 0.230. The van der Waals surface area contributed by atoms with Gasteiger partial charge in [0, 0.05) is 4.88 Å². The van der Waals surface area contributed by atoms with E-state index < -0.39 is 23.4 Å². The van der Waals surface area contributed by atoms with E-state index in [1.165, 1.54) is 11.3 Å². The molecule has 1 aliphatic carbocycles. The number of imide groups is 1. The quantitative estimate of drug-likeness (QED) is 0.489. The van der Waals surface area contributed by atoms with E-state index in [1.807, 2.05) is 13.8 Å². The Bertz CT molecular complexity index is 886. The number of aryl methyl sites for hydroxylation is 1. The normalized spacial score (nSPS) is 23.2. The Balaban J connectivity index is 1.72. The molecule has 170 valence electrons. The highest BCUT2D eigenvalue weighted by Gasteiger charge is 2.52. The van der Waals surface area contributed by atoms with Crippen molar-refractivity contribution in [2.24, 2.45) is 5.92 Å². The number of carbonyl (C=O) groups is 4. The molecule has 0 unspecified atom stereocenters. The van der Waals surface area contributed by atoms with Gasteiger partial charge in [-0.25, -0.2) is 9.59 Å². The fraction of sp³-hybridized carbons (Fsp3) is 0.636. The number of amides is 4. The molecule has 2 N–H and O–H groups in total. The van der Waals surface area contributed by atoms with E-state index in [9.17, 15) is 19.2 Å². The molecule has 8 nitrogen and oxygen atoms in total. The molecule has 31 heavy (non-hydrogen) atoms. The van der Waals surface area contributed by atoms with Crippen LogP contribution in [0.2, 0.25) is 0 Å². The first-order valence-electron chi connectivity index (χ1n) is 11.0. The zero-order valence-electron chi connectivity index (χ0n) is 18.6. The number of ether oxygens (including phenoxy) is 1. The number of hydrogen-bond acceptors (Lipinski definition) is 6. The number of urea groups is 1. The van der Waals surface area contributed by atoms with Crippen molar-refractivity contribution in [3.63, 3.8) is 0 Å². The van der Waals surface area contributed by atoms with Crippen LogP contribution in [0.3, 0.4) is 0 Å². The van der Waals surface area contributed by atoms with Crippen molar-refractivity contribution in [2.75, 3.05) is 18.5 Å². The lowest BCUT2D eigenvalue weighted by Crippen LogP contribution is -2.49. The first-order valence-corrected chi connectivity index (χ1v) is 11.8. The molecular formula is C22H31N3O5S. The van der Waals surface area contributed by atoms with Crippen LogP contribution in [-0.2, 0) is 20.7 Å². The molecule has 0 bridgehead atoms. The number of nitrogens with one attached hydrogen (secondary N) is 2. The van der Waals surface area contributed by atoms with Crippen molar-refractivity contribution in [2.45, 2.75) is 71.8 Å². The van der Waals surface area contributed by atoms with Crippen molar-refractivity contribution >= 4 is 40.2 Å². The molecule has 1 spiro atoms. The van der Waals surface area contributed by atoms with Crippen LogP contribution in [0.15, 0.2) is 0 Å². The molecule has 4 amide bonds. The van der Waals surface area contributed by atoms with Crippen LogP contribution in [0.5, 0.6) is 0 Å². The predicted octanol–water partition coefficient (Wildman–Crippen LogP) is 3.62. The van der Waals surface area contributed by atoms with Crippen LogP contribution in [0.1, 0.15) is 73.7 Å². The first kappa shape index (κ1) is 23.2. The molecule has 1 aromatic heterocycles. The van der Waals surface area contributed by atoms with Crippen molar-refractivity contribution in [3.05, 3.63) is 16.0 Å². The Kier molecular flexibility index (Phi) is 7.03. The molecule has 0 aromatic carbocycles. The zero-order chi connectivity index (χ0) is 22.8. The van der Waals surface area contributed by atoms with Gasteiger partial charge in [0.25, 0.3) is 5.91 Å². The van der Waals surface area contributed by atoms with Crippen LogP contribution < -0.4 is 10.6 Å². The van der Waals surface area contributed by atoms with Gasteiger partial charge in [-0.05, 0) is 57.4 Å². The first-order chi connectivity index (χ1) is 14.8. The Hall–Kier alpha value is -2.42. The van der Waals surface area contributed by atoms with Crippen molar-refractivity contribution < 1.29 is 23.9 Å². The third kappa shape index (κ3) is 4.46. The summed E-state index contributed by atoms with van der Waals surface area (Å²) in [6.45, 7) is 7.52. The molecule has 1 aromatic rings. The SMILES string of the molecule is CCOC(=O)c1c(NC(=O)CN2C(=O)NC3(CCC(CC)CC3)C2=O)sc(C)c1CC. The summed E-state index contributed by atoms with van der Waals surface area (Å²) in [7, 11) is 0. The molecule has 9 heteroatoms. The Morgan fingerprint density at radius 3 is 2.48 bits per heavy atom. The van der Waals surface area contributed by atoms with E-state index in [-0.39, 0.29) is 19.1 Å². The molecule has 1 saturated carbocycles. The van der Waals surface area contributed by atoms with Crippen molar-refractivity contribution in [1.82, 2.24) is 10.2 Å². The lowest BCUT2D eigenvalue weighted by molar-refractivity contribution is -0.135. The van der Waals surface area contributed by atoms with Gasteiger partial charge >= 0.3 is 12.0 Å². The minimum atomic E-state index is -0.881. The van der Waals surface area contributed by atoms with Gasteiger partial charge < -0.3 is 15.4 Å². The topological polar surface area (TPSA) is 105 Å². The lowest BCUT2D eigenvalue weighted by Gasteiger charge is -2.34. The van der Waals surface area contributed by atoms with Gasteiger partial charge in [0.1, 0.15) is 17.1 Å². The summed E-state index contributed by atoms with van der Waals surface area (Å²) in [5, 5.41) is 5.96. The number of thiophene rings is 1. The minimum Gasteiger partial charge on any atom is -0.462 e. The van der Waals surface area contributed by atoms with Crippen LogP contribution in [0.4, 0.5) is 9.80 Å². The van der Waals surface area contributed by atoms with Gasteiger partial charge in [-0.1, -0.05) is 20.3 Å². The van der Waals surface area contributed by atoms with Crippen LogP contribution in [-0.4, -0.2) is 47.4 Å². The summed E-state index contributed by atoms with van der Waals surface area (Å²) in [5.41, 5.74) is 0.306. The van der Waals surface area contributed by atoms with E-state index in [1.54, 1.807) is 6.92 Å². The molecule has 2 heterocycles. The Morgan fingerprint density at radius 2 is 1.90 bits per heavy atom. The zero-order valence-corrected chi connectivity index (χ0v) is 19.4. The average molecular weight is 450 g/mol. The molecule has 1 aliphatic heterocycles. The highest BCUT2D eigenvalue weighted by molar-refractivity contribution is 7.16. The smallest absolute Gasteiger partial charge is 0.341 e. The number of rotatable bonds is 7. The van der Waals surface area contributed by atoms with Gasteiger partial charge in [-0.2, -0.15) is 0 Å². The second-order valence-corrected chi connectivity index (χ2v) is 9.44. The number of hydrogen-bond donors (Lipinski definition) is 2. The van der Waals surface area contributed by atoms with Crippen LogP contribution in [0, 0.1) is 12.8 Å². The van der Waals surface area contributed by atoms with Gasteiger partial charge in [0.15, 0.2) is 0 Å². The highest BCUT2D eigenvalue weighted by Crippen LogP contribution is 2.38. The third-order valence-electron chi connectivity index (χ3n) is 6.38. The highest BCUT2D eigenvalue weighted by atomic mass is 32.1. The maximum absolute atomic E-state index is 13.0.